The number of hydrogen-bond donors (Lipinski definition) is 0. The van der Waals surface area contributed by atoms with Crippen molar-refractivity contribution in [3.05, 3.63) is 70.9 Å². The van der Waals surface area contributed by atoms with Gasteiger partial charge in [0.15, 0.2) is 0 Å². The lowest BCUT2D eigenvalue weighted by Gasteiger charge is -2.02. The maximum absolute atomic E-state index is 6.15. The quantitative estimate of drug-likeness (QED) is 0.728. The molecule has 1 aromatic heterocycles. The van der Waals surface area contributed by atoms with Crippen LogP contribution in [0.5, 0.6) is 0 Å². The topological polar surface area (TPSA) is 30.7 Å². The van der Waals surface area contributed by atoms with Crippen LogP contribution in [0.25, 0.3) is 11.3 Å². The van der Waals surface area contributed by atoms with E-state index in [0.29, 0.717) is 6.54 Å². The summed E-state index contributed by atoms with van der Waals surface area (Å²) in [6.45, 7) is 2.69. The second kappa shape index (κ2) is 5.47. The first kappa shape index (κ1) is 12.9. The molecule has 0 saturated carbocycles. The second-order valence-corrected chi connectivity index (χ2v) is 5.17. The van der Waals surface area contributed by atoms with Gasteiger partial charge in [0.1, 0.15) is 5.69 Å². The van der Waals surface area contributed by atoms with Crippen LogP contribution >= 0.6 is 11.6 Å². The fourth-order valence-electron chi connectivity index (χ4n) is 2.03. The maximum atomic E-state index is 6.15. The lowest BCUT2D eigenvalue weighted by atomic mass is 10.1. The van der Waals surface area contributed by atoms with Crippen molar-refractivity contribution in [1.82, 2.24) is 15.0 Å². The van der Waals surface area contributed by atoms with Crippen molar-refractivity contribution in [2.45, 2.75) is 13.5 Å². The van der Waals surface area contributed by atoms with Crippen molar-refractivity contribution < 1.29 is 0 Å². The van der Waals surface area contributed by atoms with Crippen molar-refractivity contribution in [2.75, 3.05) is 0 Å². The average molecular weight is 284 g/mol. The van der Waals surface area contributed by atoms with Gasteiger partial charge in [0.25, 0.3) is 0 Å². The minimum Gasteiger partial charge on any atom is -0.247 e. The highest BCUT2D eigenvalue weighted by Gasteiger charge is 2.05. The van der Waals surface area contributed by atoms with Gasteiger partial charge in [-0.25, -0.2) is 4.68 Å². The Balaban J connectivity index is 1.84. The van der Waals surface area contributed by atoms with Crippen molar-refractivity contribution >= 4 is 11.6 Å². The molecule has 0 unspecified atom stereocenters. The highest BCUT2D eigenvalue weighted by Crippen LogP contribution is 2.19. The van der Waals surface area contributed by atoms with E-state index in [-0.39, 0.29) is 0 Å². The summed E-state index contributed by atoms with van der Waals surface area (Å²) in [4.78, 5) is 0. The smallest absolute Gasteiger partial charge is 0.113 e. The predicted octanol–water partition coefficient (Wildman–Crippen LogP) is 3.96. The first-order valence-electron chi connectivity index (χ1n) is 6.43. The van der Waals surface area contributed by atoms with E-state index in [1.807, 2.05) is 30.5 Å². The molecule has 0 aliphatic carbocycles. The van der Waals surface area contributed by atoms with Gasteiger partial charge in [-0.15, -0.1) is 5.10 Å². The summed E-state index contributed by atoms with van der Waals surface area (Å²) in [5.41, 5.74) is 4.21. The number of aromatic nitrogens is 3. The monoisotopic (exact) mass is 283 g/mol. The molecular weight excluding hydrogens is 270 g/mol. The molecule has 0 atom stereocenters. The van der Waals surface area contributed by atoms with Crippen LogP contribution in [0.2, 0.25) is 5.02 Å². The van der Waals surface area contributed by atoms with Crippen LogP contribution in [-0.2, 0) is 6.54 Å². The van der Waals surface area contributed by atoms with Crippen LogP contribution in [0, 0.1) is 6.92 Å². The average Bonchev–Trinajstić information content (AvgIpc) is 2.91. The third kappa shape index (κ3) is 2.73. The summed E-state index contributed by atoms with van der Waals surface area (Å²) in [7, 11) is 0. The highest BCUT2D eigenvalue weighted by atomic mass is 35.5. The Bertz CT molecular complexity index is 717. The number of hydrogen-bond acceptors (Lipinski definition) is 2. The van der Waals surface area contributed by atoms with Gasteiger partial charge >= 0.3 is 0 Å². The summed E-state index contributed by atoms with van der Waals surface area (Å²) in [5.74, 6) is 0. The van der Waals surface area contributed by atoms with E-state index in [0.717, 1.165) is 21.8 Å². The molecule has 0 radical (unpaired) electrons. The van der Waals surface area contributed by atoms with Gasteiger partial charge in [0.2, 0.25) is 0 Å². The van der Waals surface area contributed by atoms with Gasteiger partial charge in [-0.2, -0.15) is 0 Å². The van der Waals surface area contributed by atoms with Crippen LogP contribution in [-0.4, -0.2) is 15.0 Å². The molecule has 3 aromatic rings. The minimum absolute atomic E-state index is 0.624. The zero-order valence-corrected chi connectivity index (χ0v) is 11.9. The molecule has 0 fully saturated rings. The Morgan fingerprint density at radius 2 is 1.80 bits per heavy atom. The van der Waals surface area contributed by atoms with E-state index < -0.39 is 0 Å². The normalized spacial score (nSPS) is 10.7. The fourth-order valence-corrected chi connectivity index (χ4v) is 2.23. The molecule has 1 heterocycles. The van der Waals surface area contributed by atoms with Gasteiger partial charge in [-0.05, 0) is 18.6 Å². The molecule has 0 spiro atoms. The van der Waals surface area contributed by atoms with Crippen LogP contribution in [0.4, 0.5) is 0 Å². The summed E-state index contributed by atoms with van der Waals surface area (Å²) < 4.78 is 1.80. The van der Waals surface area contributed by atoms with Crippen LogP contribution in [0.15, 0.2) is 54.7 Å². The van der Waals surface area contributed by atoms with Crippen LogP contribution in [0.3, 0.4) is 0 Å². The zero-order chi connectivity index (χ0) is 13.9. The molecule has 0 N–H and O–H groups in total. The molecule has 0 bridgehead atoms. The van der Waals surface area contributed by atoms with E-state index in [1.165, 1.54) is 5.56 Å². The summed E-state index contributed by atoms with van der Waals surface area (Å²) in [5, 5.41) is 9.12. The Morgan fingerprint density at radius 1 is 1.05 bits per heavy atom. The van der Waals surface area contributed by atoms with Gasteiger partial charge in [0, 0.05) is 10.6 Å². The van der Waals surface area contributed by atoms with Crippen molar-refractivity contribution in [1.29, 1.82) is 0 Å². The van der Waals surface area contributed by atoms with Crippen LogP contribution < -0.4 is 0 Å². The van der Waals surface area contributed by atoms with Crippen LogP contribution in [0.1, 0.15) is 11.1 Å². The van der Waals surface area contributed by atoms with Crippen molar-refractivity contribution in [2.24, 2.45) is 0 Å². The predicted molar refractivity (Wildman–Crippen MR) is 80.7 cm³/mol. The van der Waals surface area contributed by atoms with E-state index in [2.05, 4.69) is 41.5 Å². The summed E-state index contributed by atoms with van der Waals surface area (Å²) in [6.07, 6.45) is 1.94. The Kier molecular flexibility index (Phi) is 3.52. The number of aryl methyl sites for hydroxylation is 1. The number of nitrogens with zero attached hydrogens (tertiary/aromatic N) is 3. The van der Waals surface area contributed by atoms with Gasteiger partial charge in [0.05, 0.1) is 12.7 Å². The van der Waals surface area contributed by atoms with Gasteiger partial charge < -0.3 is 0 Å². The standard InChI is InChI=1S/C16H14ClN3/c1-12-6-8-13(9-7-12)16-11-20(19-18-16)10-14-4-2-3-5-15(14)17/h2-9,11H,10H2,1H3. The summed E-state index contributed by atoms with van der Waals surface area (Å²) in [6, 6.07) is 16.0. The molecule has 100 valence electrons. The lowest BCUT2D eigenvalue weighted by molar-refractivity contribution is 0.650. The summed E-state index contributed by atoms with van der Waals surface area (Å²) >= 11 is 6.15. The molecule has 0 aliphatic heterocycles. The first-order chi connectivity index (χ1) is 9.72. The number of halogens is 1. The van der Waals surface area contributed by atoms with Gasteiger partial charge in [-0.1, -0.05) is 64.8 Å². The van der Waals surface area contributed by atoms with E-state index in [9.17, 15) is 0 Å². The largest absolute Gasteiger partial charge is 0.247 e. The Morgan fingerprint density at radius 3 is 2.55 bits per heavy atom. The fraction of sp³-hybridized carbons (Fsp3) is 0.125. The molecule has 3 nitrogen and oxygen atoms in total. The van der Waals surface area contributed by atoms with E-state index >= 15 is 0 Å². The SMILES string of the molecule is Cc1ccc(-c2cn(Cc3ccccc3Cl)nn2)cc1. The number of benzene rings is 2. The maximum Gasteiger partial charge on any atom is 0.113 e. The third-order valence-corrected chi connectivity index (χ3v) is 3.54. The first-order valence-corrected chi connectivity index (χ1v) is 6.81. The molecule has 3 rings (SSSR count). The Hall–Kier alpha value is -2.13. The number of rotatable bonds is 3. The van der Waals surface area contributed by atoms with E-state index in [4.69, 9.17) is 11.6 Å². The molecule has 4 heteroatoms. The highest BCUT2D eigenvalue weighted by molar-refractivity contribution is 6.31. The molecule has 0 aliphatic rings. The Labute approximate surface area is 122 Å². The minimum atomic E-state index is 0.624. The molecule has 0 amide bonds. The van der Waals surface area contributed by atoms with Crippen molar-refractivity contribution in [3.8, 4) is 11.3 Å². The second-order valence-electron chi connectivity index (χ2n) is 4.76. The van der Waals surface area contributed by atoms with Crippen molar-refractivity contribution in [3.63, 3.8) is 0 Å². The third-order valence-electron chi connectivity index (χ3n) is 3.18. The van der Waals surface area contributed by atoms with E-state index in [1.54, 1.807) is 4.68 Å². The molecular formula is C16H14ClN3. The molecule has 20 heavy (non-hydrogen) atoms. The van der Waals surface area contributed by atoms with Gasteiger partial charge in [-0.3, -0.25) is 0 Å². The molecule has 0 saturated heterocycles. The lowest BCUT2D eigenvalue weighted by Crippen LogP contribution is -2.00. The molecule has 2 aromatic carbocycles. The zero-order valence-electron chi connectivity index (χ0n) is 11.1.